The molecule has 6 heteroatoms. The smallest absolute Gasteiger partial charge is 0.156 e. The Morgan fingerprint density at radius 3 is 2.95 bits per heavy atom. The highest BCUT2D eigenvalue weighted by Crippen LogP contribution is 2.24. The third-order valence-electron chi connectivity index (χ3n) is 4.22. The predicted octanol–water partition coefficient (Wildman–Crippen LogP) is 2.09. The number of likely N-dealkylation sites (tertiary alicyclic amines) is 1. The number of hydrogen-bond acceptors (Lipinski definition) is 4. The molecule has 1 N–H and O–H groups in total. The summed E-state index contributed by atoms with van der Waals surface area (Å²) in [5.41, 5.74) is 3.62. The van der Waals surface area contributed by atoms with E-state index in [4.69, 9.17) is 0 Å². The molecule has 4 heterocycles. The van der Waals surface area contributed by atoms with Crippen LogP contribution in [0.25, 0.3) is 22.4 Å². The van der Waals surface area contributed by atoms with E-state index in [1.54, 1.807) is 6.20 Å². The molecule has 1 saturated heterocycles. The van der Waals surface area contributed by atoms with Gasteiger partial charge in [0.25, 0.3) is 0 Å². The van der Waals surface area contributed by atoms with Crippen molar-refractivity contribution in [2.75, 3.05) is 20.1 Å². The number of hydrogen-bond donors (Lipinski definition) is 1. The van der Waals surface area contributed by atoms with Crippen LogP contribution in [-0.2, 0) is 0 Å². The standard InChI is InChI=1S/C15H18N6/c1-20-6-3-12(4-7-20)21-10-11(8-18-21)14-9-17-15-13(19-14)2-5-16-15/h2,5,8-10,12H,3-4,6-7H2,1H3,(H,16,17). The SMILES string of the molecule is CN1CCC(n2cc(-c3cnc4[nH]ccc4n3)cn2)CC1. The van der Waals surface area contributed by atoms with Crippen LogP contribution in [0.1, 0.15) is 18.9 Å². The lowest BCUT2D eigenvalue weighted by Gasteiger charge is -2.28. The monoisotopic (exact) mass is 282 g/mol. The van der Waals surface area contributed by atoms with Gasteiger partial charge in [-0.25, -0.2) is 9.97 Å². The molecule has 0 amide bonds. The maximum absolute atomic E-state index is 4.62. The lowest BCUT2D eigenvalue weighted by Crippen LogP contribution is -2.31. The molecule has 3 aromatic heterocycles. The van der Waals surface area contributed by atoms with Crippen LogP contribution in [-0.4, -0.2) is 49.8 Å². The van der Waals surface area contributed by atoms with Crippen LogP contribution >= 0.6 is 0 Å². The first-order chi connectivity index (χ1) is 10.3. The van der Waals surface area contributed by atoms with Crippen molar-refractivity contribution in [2.45, 2.75) is 18.9 Å². The lowest BCUT2D eigenvalue weighted by molar-refractivity contribution is 0.212. The van der Waals surface area contributed by atoms with Crippen LogP contribution in [0.15, 0.2) is 30.9 Å². The second-order valence-electron chi connectivity index (χ2n) is 5.71. The fraction of sp³-hybridized carbons (Fsp3) is 0.400. The summed E-state index contributed by atoms with van der Waals surface area (Å²) < 4.78 is 2.09. The summed E-state index contributed by atoms with van der Waals surface area (Å²) >= 11 is 0. The number of H-pyrrole nitrogens is 1. The quantitative estimate of drug-likeness (QED) is 0.781. The molecule has 0 spiro atoms. The van der Waals surface area contributed by atoms with Gasteiger partial charge in [-0.3, -0.25) is 4.68 Å². The molecule has 0 atom stereocenters. The third-order valence-corrected chi connectivity index (χ3v) is 4.22. The summed E-state index contributed by atoms with van der Waals surface area (Å²) in [5.74, 6) is 0. The first kappa shape index (κ1) is 12.5. The highest BCUT2D eigenvalue weighted by Gasteiger charge is 2.19. The molecule has 0 saturated carbocycles. The minimum absolute atomic E-state index is 0.499. The van der Waals surface area contributed by atoms with Crippen LogP contribution in [0.5, 0.6) is 0 Å². The number of nitrogens with zero attached hydrogens (tertiary/aromatic N) is 5. The van der Waals surface area contributed by atoms with E-state index in [9.17, 15) is 0 Å². The minimum atomic E-state index is 0.499. The molecule has 0 aliphatic carbocycles. The fourth-order valence-corrected chi connectivity index (χ4v) is 2.90. The molecular weight excluding hydrogens is 264 g/mol. The number of aromatic amines is 1. The number of aromatic nitrogens is 5. The Bertz CT molecular complexity index is 750. The third kappa shape index (κ3) is 2.31. The van der Waals surface area contributed by atoms with E-state index in [1.165, 1.54) is 0 Å². The van der Waals surface area contributed by atoms with Gasteiger partial charge >= 0.3 is 0 Å². The molecule has 0 radical (unpaired) electrons. The van der Waals surface area contributed by atoms with E-state index in [-0.39, 0.29) is 0 Å². The van der Waals surface area contributed by atoms with E-state index in [1.807, 2.05) is 18.5 Å². The molecule has 3 aromatic rings. The van der Waals surface area contributed by atoms with Crippen molar-refractivity contribution in [3.63, 3.8) is 0 Å². The summed E-state index contributed by atoms with van der Waals surface area (Å²) in [6, 6.07) is 2.44. The van der Waals surface area contributed by atoms with E-state index in [0.717, 1.165) is 48.4 Å². The van der Waals surface area contributed by atoms with Gasteiger partial charge in [0.2, 0.25) is 0 Å². The van der Waals surface area contributed by atoms with Crippen molar-refractivity contribution in [1.82, 2.24) is 29.6 Å². The first-order valence-electron chi connectivity index (χ1n) is 7.33. The molecule has 0 bridgehead atoms. The van der Waals surface area contributed by atoms with Gasteiger partial charge in [0.1, 0.15) is 5.52 Å². The first-order valence-corrected chi connectivity index (χ1v) is 7.33. The summed E-state index contributed by atoms with van der Waals surface area (Å²) in [6.07, 6.45) is 9.95. The van der Waals surface area contributed by atoms with Crippen LogP contribution in [0.3, 0.4) is 0 Å². The number of fused-ring (bicyclic) bond motifs is 1. The number of rotatable bonds is 2. The molecule has 0 aromatic carbocycles. The minimum Gasteiger partial charge on any atom is -0.345 e. The lowest BCUT2D eigenvalue weighted by atomic mass is 10.1. The zero-order valence-electron chi connectivity index (χ0n) is 12.0. The summed E-state index contributed by atoms with van der Waals surface area (Å²) in [7, 11) is 2.17. The summed E-state index contributed by atoms with van der Waals surface area (Å²) in [5, 5.41) is 4.53. The molecule has 0 unspecified atom stereocenters. The van der Waals surface area contributed by atoms with E-state index in [0.29, 0.717) is 6.04 Å². The van der Waals surface area contributed by atoms with Crippen LogP contribution in [0.4, 0.5) is 0 Å². The highest BCUT2D eigenvalue weighted by atomic mass is 15.3. The Morgan fingerprint density at radius 1 is 1.24 bits per heavy atom. The van der Waals surface area contributed by atoms with E-state index in [2.05, 4.69) is 42.9 Å². The Hall–Kier alpha value is -2.21. The van der Waals surface area contributed by atoms with Gasteiger partial charge in [-0.2, -0.15) is 5.10 Å². The largest absolute Gasteiger partial charge is 0.345 e. The highest BCUT2D eigenvalue weighted by molar-refractivity contribution is 5.73. The summed E-state index contributed by atoms with van der Waals surface area (Å²) in [6.45, 7) is 2.27. The van der Waals surface area contributed by atoms with Gasteiger partial charge in [0, 0.05) is 18.0 Å². The van der Waals surface area contributed by atoms with Crippen LogP contribution in [0, 0.1) is 0 Å². The Morgan fingerprint density at radius 2 is 2.10 bits per heavy atom. The fourth-order valence-electron chi connectivity index (χ4n) is 2.90. The molecule has 108 valence electrons. The Labute approximate surface area is 122 Å². The van der Waals surface area contributed by atoms with Crippen LogP contribution in [0.2, 0.25) is 0 Å². The molecule has 21 heavy (non-hydrogen) atoms. The maximum Gasteiger partial charge on any atom is 0.156 e. The molecule has 4 rings (SSSR count). The van der Waals surface area contributed by atoms with Gasteiger partial charge in [-0.1, -0.05) is 0 Å². The van der Waals surface area contributed by atoms with Gasteiger partial charge in [0.15, 0.2) is 5.65 Å². The average molecular weight is 282 g/mol. The van der Waals surface area contributed by atoms with Gasteiger partial charge in [-0.05, 0) is 39.0 Å². The zero-order valence-corrected chi connectivity index (χ0v) is 12.0. The van der Waals surface area contributed by atoms with Gasteiger partial charge in [-0.15, -0.1) is 0 Å². The van der Waals surface area contributed by atoms with Crippen molar-refractivity contribution >= 4 is 11.2 Å². The summed E-state index contributed by atoms with van der Waals surface area (Å²) in [4.78, 5) is 14.4. The average Bonchev–Trinajstić information content (AvgIpc) is 3.16. The molecule has 1 aliphatic rings. The van der Waals surface area contributed by atoms with E-state index >= 15 is 0 Å². The van der Waals surface area contributed by atoms with Crippen molar-refractivity contribution in [1.29, 1.82) is 0 Å². The Kier molecular flexibility index (Phi) is 2.96. The second-order valence-corrected chi connectivity index (χ2v) is 5.71. The number of nitrogens with one attached hydrogen (secondary N) is 1. The van der Waals surface area contributed by atoms with Gasteiger partial charge < -0.3 is 9.88 Å². The topological polar surface area (TPSA) is 62.6 Å². The second kappa shape index (κ2) is 4.96. The van der Waals surface area contributed by atoms with Crippen molar-refractivity contribution < 1.29 is 0 Å². The van der Waals surface area contributed by atoms with Crippen LogP contribution < -0.4 is 0 Å². The molecule has 1 aliphatic heterocycles. The molecular formula is C15H18N6. The molecule has 1 fully saturated rings. The van der Waals surface area contributed by atoms with E-state index < -0.39 is 0 Å². The van der Waals surface area contributed by atoms with Crippen molar-refractivity contribution in [3.05, 3.63) is 30.9 Å². The van der Waals surface area contributed by atoms with Gasteiger partial charge in [0.05, 0.1) is 24.1 Å². The van der Waals surface area contributed by atoms with Crippen molar-refractivity contribution in [3.8, 4) is 11.3 Å². The molecule has 6 nitrogen and oxygen atoms in total. The Balaban J connectivity index is 1.61. The zero-order chi connectivity index (χ0) is 14.2. The normalized spacial score (nSPS) is 17.6. The van der Waals surface area contributed by atoms with Crippen molar-refractivity contribution in [2.24, 2.45) is 0 Å². The number of piperidine rings is 1. The maximum atomic E-state index is 4.62. The predicted molar refractivity (Wildman–Crippen MR) is 80.9 cm³/mol.